The van der Waals surface area contributed by atoms with E-state index >= 15 is 0 Å². The maximum atomic E-state index is 13.1. The van der Waals surface area contributed by atoms with Crippen LogP contribution in [0.5, 0.6) is 5.75 Å². The van der Waals surface area contributed by atoms with Gasteiger partial charge in [-0.05, 0) is 37.3 Å². The average molecular weight is 423 g/mol. The van der Waals surface area contributed by atoms with E-state index in [2.05, 4.69) is 0 Å². The molecule has 0 spiro atoms. The molecule has 0 saturated heterocycles. The second-order valence-corrected chi connectivity index (χ2v) is 8.14. The molecule has 10 heteroatoms. The summed E-state index contributed by atoms with van der Waals surface area (Å²) in [7, 11) is -3.57. The number of carboxylic acid groups (broad SMARTS) is 1. The molecule has 0 heterocycles. The molecule has 0 radical (unpaired) electrons. The van der Waals surface area contributed by atoms with Crippen molar-refractivity contribution in [2.75, 3.05) is 6.26 Å². The number of aliphatic carboxylic acids is 1. The van der Waals surface area contributed by atoms with Crippen LogP contribution in [0, 0.1) is 0 Å². The predicted molar refractivity (Wildman–Crippen MR) is 92.7 cm³/mol. The fourth-order valence-electron chi connectivity index (χ4n) is 2.21. The van der Waals surface area contributed by atoms with Crippen LogP contribution in [-0.4, -0.2) is 31.9 Å². The van der Waals surface area contributed by atoms with Crippen LogP contribution in [0.1, 0.15) is 12.5 Å². The number of hydrogen-bond acceptors (Lipinski definition) is 4. The van der Waals surface area contributed by atoms with Crippen LogP contribution in [-0.2, 0) is 20.8 Å². The van der Waals surface area contributed by atoms with Gasteiger partial charge in [0.25, 0.3) is 0 Å². The Balaban J connectivity index is 2.66. The van der Waals surface area contributed by atoms with Crippen LogP contribution < -0.4 is 4.74 Å². The highest BCUT2D eigenvalue weighted by Crippen LogP contribution is 2.40. The monoisotopic (exact) mass is 422 g/mol. The van der Waals surface area contributed by atoms with Crippen molar-refractivity contribution in [1.29, 1.82) is 0 Å². The van der Waals surface area contributed by atoms with Gasteiger partial charge in [0.1, 0.15) is 5.75 Å². The van der Waals surface area contributed by atoms with Crippen molar-refractivity contribution in [1.82, 2.24) is 0 Å². The SMILES string of the molecule is C[C@H](Oc1ccc(C(F)(F)F)cc1-c1ccc(S(C)(=O)=O)cc1Cl)C(=O)O. The third-order valence-corrected chi connectivity index (χ3v) is 5.04. The van der Waals surface area contributed by atoms with Crippen molar-refractivity contribution in [3.8, 4) is 16.9 Å². The number of ether oxygens (including phenoxy) is 1. The molecular formula is C17H14ClF3O5S. The number of sulfone groups is 1. The van der Waals surface area contributed by atoms with E-state index in [0.717, 1.165) is 30.5 Å². The molecule has 0 aliphatic rings. The molecule has 146 valence electrons. The minimum atomic E-state index is -4.65. The van der Waals surface area contributed by atoms with Crippen LogP contribution >= 0.6 is 11.6 Å². The summed E-state index contributed by atoms with van der Waals surface area (Å²) in [5, 5.41) is 8.85. The molecule has 2 aromatic carbocycles. The van der Waals surface area contributed by atoms with Gasteiger partial charge in [0, 0.05) is 22.4 Å². The molecule has 0 aliphatic carbocycles. The molecule has 2 aromatic rings. The van der Waals surface area contributed by atoms with Gasteiger partial charge in [0.2, 0.25) is 0 Å². The van der Waals surface area contributed by atoms with Crippen molar-refractivity contribution in [2.24, 2.45) is 0 Å². The Hall–Kier alpha value is -2.26. The molecule has 0 fully saturated rings. The summed E-state index contributed by atoms with van der Waals surface area (Å²) in [6.07, 6.45) is -5.01. The highest BCUT2D eigenvalue weighted by molar-refractivity contribution is 7.90. The number of benzene rings is 2. The Kier molecular flexibility index (Phi) is 5.77. The highest BCUT2D eigenvalue weighted by atomic mass is 35.5. The van der Waals surface area contributed by atoms with E-state index in [0.29, 0.717) is 0 Å². The summed E-state index contributed by atoms with van der Waals surface area (Å²) in [5.74, 6) is -1.44. The van der Waals surface area contributed by atoms with Gasteiger partial charge in [0.15, 0.2) is 15.9 Å². The van der Waals surface area contributed by atoms with Gasteiger partial charge in [-0.1, -0.05) is 17.7 Å². The van der Waals surface area contributed by atoms with E-state index in [9.17, 15) is 26.4 Å². The zero-order valence-corrected chi connectivity index (χ0v) is 15.6. The Morgan fingerprint density at radius 3 is 2.26 bits per heavy atom. The second kappa shape index (κ2) is 7.40. The maximum absolute atomic E-state index is 13.1. The first-order chi connectivity index (χ1) is 12.3. The van der Waals surface area contributed by atoms with Gasteiger partial charge in [-0.2, -0.15) is 13.2 Å². The Bertz CT molecular complexity index is 987. The van der Waals surface area contributed by atoms with Crippen LogP contribution in [0.2, 0.25) is 5.02 Å². The molecule has 0 bridgehead atoms. The van der Waals surface area contributed by atoms with E-state index < -0.39 is 33.7 Å². The molecule has 1 N–H and O–H groups in total. The molecule has 0 aromatic heterocycles. The normalized spacial score (nSPS) is 13.3. The lowest BCUT2D eigenvalue weighted by molar-refractivity contribution is -0.144. The topological polar surface area (TPSA) is 80.7 Å². The fourth-order valence-corrected chi connectivity index (χ4v) is 3.20. The number of carbonyl (C=O) groups is 1. The largest absolute Gasteiger partial charge is 0.479 e. The molecule has 2 rings (SSSR count). The lowest BCUT2D eigenvalue weighted by Gasteiger charge is -2.18. The van der Waals surface area contributed by atoms with E-state index in [4.69, 9.17) is 21.4 Å². The first-order valence-electron chi connectivity index (χ1n) is 7.41. The van der Waals surface area contributed by atoms with Crippen LogP contribution in [0.4, 0.5) is 13.2 Å². The Morgan fingerprint density at radius 2 is 1.78 bits per heavy atom. The molecule has 0 unspecified atom stereocenters. The highest BCUT2D eigenvalue weighted by Gasteiger charge is 2.32. The smallest absolute Gasteiger partial charge is 0.416 e. The zero-order chi connectivity index (χ0) is 20.6. The quantitative estimate of drug-likeness (QED) is 0.777. The van der Waals surface area contributed by atoms with Crippen LogP contribution in [0.25, 0.3) is 11.1 Å². The summed E-state index contributed by atoms with van der Waals surface area (Å²) in [5.41, 5.74) is -1.03. The van der Waals surface area contributed by atoms with Gasteiger partial charge < -0.3 is 9.84 Å². The summed E-state index contributed by atoms with van der Waals surface area (Å²) in [6, 6.07) is 6.07. The lowest BCUT2D eigenvalue weighted by Crippen LogP contribution is -2.23. The van der Waals surface area contributed by atoms with Gasteiger partial charge >= 0.3 is 12.1 Å². The number of halogens is 4. The average Bonchev–Trinajstić information content (AvgIpc) is 2.53. The predicted octanol–water partition coefficient (Wildman–Crippen LogP) is 4.28. The summed E-state index contributed by atoms with van der Waals surface area (Å²) < 4.78 is 67.7. The third-order valence-electron chi connectivity index (χ3n) is 3.62. The maximum Gasteiger partial charge on any atom is 0.416 e. The minimum absolute atomic E-state index is 0.0720. The Morgan fingerprint density at radius 1 is 1.15 bits per heavy atom. The summed E-state index contributed by atoms with van der Waals surface area (Å²) in [4.78, 5) is 10.9. The van der Waals surface area contributed by atoms with Crippen molar-refractivity contribution >= 4 is 27.4 Å². The molecule has 0 aliphatic heterocycles. The number of alkyl halides is 3. The molecular weight excluding hydrogens is 409 g/mol. The van der Waals surface area contributed by atoms with Gasteiger partial charge in [-0.15, -0.1) is 0 Å². The molecule has 0 saturated carbocycles. The first-order valence-corrected chi connectivity index (χ1v) is 9.68. The zero-order valence-electron chi connectivity index (χ0n) is 14.0. The van der Waals surface area contributed by atoms with Crippen molar-refractivity contribution in [3.63, 3.8) is 0 Å². The third kappa shape index (κ3) is 4.92. The lowest BCUT2D eigenvalue weighted by atomic mass is 10.0. The van der Waals surface area contributed by atoms with Crippen molar-refractivity contribution < 1.29 is 36.2 Å². The number of rotatable bonds is 5. The van der Waals surface area contributed by atoms with Gasteiger partial charge in [0.05, 0.1) is 10.5 Å². The van der Waals surface area contributed by atoms with Gasteiger partial charge in [-0.3, -0.25) is 0 Å². The standard InChI is InChI=1S/C17H14ClF3O5S/c1-9(16(22)23)26-15-6-3-10(17(19,20)21)7-13(15)12-5-4-11(8-14(12)18)27(2,24)25/h3-9H,1-2H3,(H,22,23)/t9-/m0/s1. The fraction of sp³-hybridized carbons (Fsp3) is 0.235. The number of carboxylic acids is 1. The molecule has 1 atom stereocenters. The second-order valence-electron chi connectivity index (χ2n) is 5.72. The first kappa shape index (κ1) is 21.0. The Labute approximate surface area is 158 Å². The van der Waals surface area contributed by atoms with Crippen molar-refractivity contribution in [2.45, 2.75) is 24.1 Å². The van der Waals surface area contributed by atoms with Crippen LogP contribution in [0.3, 0.4) is 0 Å². The summed E-state index contributed by atoms with van der Waals surface area (Å²) in [6.45, 7) is 1.22. The molecule has 5 nitrogen and oxygen atoms in total. The van der Waals surface area contributed by atoms with E-state index in [1.54, 1.807) is 0 Å². The van der Waals surface area contributed by atoms with E-state index in [1.165, 1.54) is 19.1 Å². The van der Waals surface area contributed by atoms with Gasteiger partial charge in [-0.25, -0.2) is 13.2 Å². The van der Waals surface area contributed by atoms with Crippen LogP contribution in [0.15, 0.2) is 41.3 Å². The molecule has 27 heavy (non-hydrogen) atoms. The summed E-state index contributed by atoms with van der Waals surface area (Å²) >= 11 is 6.09. The van der Waals surface area contributed by atoms with E-state index in [1.807, 2.05) is 0 Å². The van der Waals surface area contributed by atoms with E-state index in [-0.39, 0.29) is 26.8 Å². The number of hydrogen-bond donors (Lipinski definition) is 1. The molecule has 0 amide bonds. The van der Waals surface area contributed by atoms with Crippen molar-refractivity contribution in [3.05, 3.63) is 47.0 Å². The minimum Gasteiger partial charge on any atom is -0.479 e.